The molecule has 1 aliphatic rings. The van der Waals surface area contributed by atoms with Gasteiger partial charge in [0.25, 0.3) is 0 Å². The van der Waals surface area contributed by atoms with Crippen molar-refractivity contribution in [2.75, 3.05) is 6.61 Å². The molecular weight excluding hydrogens is 332 g/mol. The molecule has 0 spiro atoms. The minimum absolute atomic E-state index is 0.208. The third-order valence-corrected chi connectivity index (χ3v) is 8.28. The van der Waals surface area contributed by atoms with Gasteiger partial charge in [0.2, 0.25) is 0 Å². The molecule has 0 aliphatic carbocycles. The van der Waals surface area contributed by atoms with Crippen molar-refractivity contribution in [2.45, 2.75) is 109 Å². The van der Waals surface area contributed by atoms with Crippen molar-refractivity contribution in [3.05, 3.63) is 35.4 Å². The molecule has 0 saturated carbocycles. The summed E-state index contributed by atoms with van der Waals surface area (Å²) < 4.78 is 6.02. The molecule has 1 aliphatic heterocycles. The second-order valence-corrected chi connectivity index (χ2v) is 12.5. The van der Waals surface area contributed by atoms with Gasteiger partial charge in [0.1, 0.15) is 0 Å². The molecule has 1 saturated heterocycles. The maximum atomic E-state index is 6.02. The number of hydrogen-bond acceptors (Lipinski definition) is 1. The lowest BCUT2D eigenvalue weighted by Crippen LogP contribution is -2.33. The monoisotopic (exact) mass is 374 g/mol. The summed E-state index contributed by atoms with van der Waals surface area (Å²) in [5.74, 6) is 0. The fourth-order valence-corrected chi connectivity index (χ4v) is 6.76. The third-order valence-electron chi connectivity index (χ3n) is 5.83. The van der Waals surface area contributed by atoms with Crippen LogP contribution in [0.1, 0.15) is 96.1 Å². The molecule has 26 heavy (non-hydrogen) atoms. The van der Waals surface area contributed by atoms with E-state index in [2.05, 4.69) is 45.0 Å². The van der Waals surface area contributed by atoms with Gasteiger partial charge in [0.05, 0.1) is 9.52 Å². The van der Waals surface area contributed by atoms with E-state index in [1.165, 1.54) is 88.2 Å². The molecule has 0 aromatic heterocycles. The molecule has 1 atom stereocenters. The van der Waals surface area contributed by atoms with Crippen LogP contribution in [0.2, 0.25) is 5.04 Å². The van der Waals surface area contributed by atoms with E-state index in [1.54, 1.807) is 0 Å². The number of hydrogen-bond donors (Lipinski definition) is 0. The minimum atomic E-state index is -0.208. The van der Waals surface area contributed by atoms with Crippen molar-refractivity contribution < 1.29 is 4.74 Å². The van der Waals surface area contributed by atoms with Crippen LogP contribution in [-0.2, 0) is 17.6 Å². The Labute approximate surface area is 165 Å². The summed E-state index contributed by atoms with van der Waals surface area (Å²) >= 11 is 0. The first-order chi connectivity index (χ1) is 12.6. The number of unbranched alkanes of at least 4 members (excludes halogenated alkanes) is 6. The van der Waals surface area contributed by atoms with Crippen LogP contribution >= 0.6 is 0 Å². The van der Waals surface area contributed by atoms with Crippen LogP contribution in [0, 0.1) is 0 Å². The van der Waals surface area contributed by atoms with E-state index in [4.69, 9.17) is 4.74 Å². The molecular formula is C24H42OSi. The summed E-state index contributed by atoms with van der Waals surface area (Å²) in [4.78, 5) is 0. The zero-order valence-electron chi connectivity index (χ0n) is 17.7. The third kappa shape index (κ3) is 8.86. The molecule has 1 nitrogen and oxygen atoms in total. The van der Waals surface area contributed by atoms with Crippen LogP contribution in [-0.4, -0.2) is 21.9 Å². The molecule has 1 fully saturated rings. The fourth-order valence-electron chi connectivity index (χ4n) is 4.32. The Bertz CT molecular complexity index is 473. The number of ether oxygens (including phenoxy) is 1. The Kier molecular flexibility index (Phi) is 9.99. The Balaban J connectivity index is 1.67. The highest BCUT2D eigenvalue weighted by Gasteiger charge is 2.26. The van der Waals surface area contributed by atoms with Crippen molar-refractivity contribution in [1.82, 2.24) is 0 Å². The van der Waals surface area contributed by atoms with Gasteiger partial charge in [-0.05, 0) is 54.7 Å². The second kappa shape index (κ2) is 12.0. The van der Waals surface area contributed by atoms with Crippen LogP contribution in [0.5, 0.6) is 0 Å². The molecule has 148 valence electrons. The van der Waals surface area contributed by atoms with Crippen LogP contribution in [0.15, 0.2) is 24.3 Å². The normalized spacial score (nSPS) is 18.7. The van der Waals surface area contributed by atoms with Crippen LogP contribution in [0.3, 0.4) is 0 Å². The zero-order chi connectivity index (χ0) is 18.7. The van der Waals surface area contributed by atoms with Gasteiger partial charge >= 0.3 is 0 Å². The number of rotatable bonds is 12. The van der Waals surface area contributed by atoms with Gasteiger partial charge in [-0.1, -0.05) is 83.6 Å². The maximum absolute atomic E-state index is 6.02. The summed E-state index contributed by atoms with van der Waals surface area (Å²) in [6.45, 7) is 8.21. The summed E-state index contributed by atoms with van der Waals surface area (Å²) in [5, 5.41) is 0.460. The van der Waals surface area contributed by atoms with Crippen LogP contribution in [0.25, 0.3) is 0 Å². The van der Waals surface area contributed by atoms with Crippen LogP contribution in [0.4, 0.5) is 0 Å². The van der Waals surface area contributed by atoms with Crippen molar-refractivity contribution in [3.63, 3.8) is 0 Å². The van der Waals surface area contributed by atoms with Crippen LogP contribution < -0.4 is 0 Å². The first kappa shape index (κ1) is 21.7. The number of benzene rings is 1. The van der Waals surface area contributed by atoms with E-state index in [0.29, 0.717) is 10.8 Å². The summed E-state index contributed by atoms with van der Waals surface area (Å²) in [6.07, 6.45) is 16.2. The van der Waals surface area contributed by atoms with Crippen molar-refractivity contribution in [2.24, 2.45) is 0 Å². The summed E-state index contributed by atoms with van der Waals surface area (Å²) in [6, 6.07) is 9.52. The molecule has 0 radical (unpaired) electrons. The second-order valence-electron chi connectivity index (χ2n) is 9.22. The molecule has 2 rings (SSSR count). The van der Waals surface area contributed by atoms with E-state index < -0.39 is 0 Å². The SMILES string of the molecule is CCCCCCCCCc1ccc(CC(C)(C)[SiH2]C2CCCCO2)cc1. The van der Waals surface area contributed by atoms with Gasteiger partial charge < -0.3 is 4.74 Å². The first-order valence-corrected chi connectivity index (χ1v) is 12.8. The van der Waals surface area contributed by atoms with E-state index in [9.17, 15) is 0 Å². The fraction of sp³-hybridized carbons (Fsp3) is 0.750. The predicted molar refractivity (Wildman–Crippen MR) is 118 cm³/mol. The van der Waals surface area contributed by atoms with E-state index in [1.807, 2.05) is 0 Å². The predicted octanol–water partition coefficient (Wildman–Crippen LogP) is 6.42. The van der Waals surface area contributed by atoms with Crippen molar-refractivity contribution in [1.29, 1.82) is 0 Å². The lowest BCUT2D eigenvalue weighted by molar-refractivity contribution is 0.0633. The molecule has 0 amide bonds. The Hall–Kier alpha value is -0.603. The topological polar surface area (TPSA) is 9.23 Å². The molecule has 1 unspecified atom stereocenters. The standard InChI is InChI=1S/C24H42OSi/c1-4-5-6-7-8-9-10-13-21-15-17-22(18-16-21)20-24(2,3)26-23-14-11-12-19-25-23/h15-18,23H,4-14,19-20,26H2,1-3H3. The van der Waals surface area contributed by atoms with Gasteiger partial charge in [-0.25, -0.2) is 0 Å². The average Bonchev–Trinajstić information content (AvgIpc) is 2.62. The molecule has 2 heteroatoms. The Morgan fingerprint density at radius 1 is 0.923 bits per heavy atom. The molecule has 1 aromatic rings. The van der Waals surface area contributed by atoms with Gasteiger partial charge in [-0.15, -0.1) is 0 Å². The Morgan fingerprint density at radius 2 is 1.58 bits per heavy atom. The lowest BCUT2D eigenvalue weighted by atomic mass is 9.99. The van der Waals surface area contributed by atoms with Gasteiger partial charge in [-0.3, -0.25) is 0 Å². The van der Waals surface area contributed by atoms with Crippen molar-refractivity contribution >= 4 is 9.52 Å². The summed E-state index contributed by atoms with van der Waals surface area (Å²) in [5.41, 5.74) is 3.66. The Morgan fingerprint density at radius 3 is 2.23 bits per heavy atom. The molecule has 1 aromatic carbocycles. The minimum Gasteiger partial charge on any atom is -0.382 e. The van der Waals surface area contributed by atoms with E-state index in [0.717, 1.165) is 6.61 Å². The molecule has 1 heterocycles. The quantitative estimate of drug-likeness (QED) is 0.303. The molecule has 0 N–H and O–H groups in total. The largest absolute Gasteiger partial charge is 0.382 e. The van der Waals surface area contributed by atoms with Gasteiger partial charge in [0, 0.05) is 12.3 Å². The maximum Gasteiger partial charge on any atom is 0.0619 e. The van der Waals surface area contributed by atoms with Gasteiger partial charge in [-0.2, -0.15) is 0 Å². The molecule has 0 bridgehead atoms. The number of aryl methyl sites for hydroxylation is 1. The average molecular weight is 375 g/mol. The summed E-state index contributed by atoms with van der Waals surface area (Å²) in [7, 11) is -0.208. The zero-order valence-corrected chi connectivity index (χ0v) is 19.1. The van der Waals surface area contributed by atoms with Crippen molar-refractivity contribution in [3.8, 4) is 0 Å². The lowest BCUT2D eigenvalue weighted by Gasteiger charge is -2.31. The highest BCUT2D eigenvalue weighted by Crippen LogP contribution is 2.31. The van der Waals surface area contributed by atoms with E-state index in [-0.39, 0.29) is 9.52 Å². The highest BCUT2D eigenvalue weighted by atomic mass is 28.2. The van der Waals surface area contributed by atoms with E-state index >= 15 is 0 Å². The van der Waals surface area contributed by atoms with Gasteiger partial charge in [0.15, 0.2) is 0 Å². The smallest absolute Gasteiger partial charge is 0.0619 e. The first-order valence-electron chi connectivity index (χ1n) is 11.3. The highest BCUT2D eigenvalue weighted by molar-refractivity contribution is 6.41.